The van der Waals surface area contributed by atoms with Crippen molar-refractivity contribution in [2.75, 3.05) is 11.9 Å². The average Bonchev–Trinajstić information content (AvgIpc) is 2.97. The summed E-state index contributed by atoms with van der Waals surface area (Å²) in [5, 5.41) is 6.62. The van der Waals surface area contributed by atoms with Crippen LogP contribution in [0.25, 0.3) is 0 Å². The molecule has 2 amide bonds. The molecular weight excluding hydrogens is 332 g/mol. The molecule has 0 spiro atoms. The maximum Gasteiger partial charge on any atom is 0.256 e. The predicted octanol–water partition coefficient (Wildman–Crippen LogP) is 4.27. The molecule has 3 rings (SSSR count). The van der Waals surface area contributed by atoms with Crippen LogP contribution in [0.1, 0.15) is 57.8 Å². The molecule has 1 aliphatic carbocycles. The molecule has 0 unspecified atom stereocenters. The van der Waals surface area contributed by atoms with Gasteiger partial charge in [-0.2, -0.15) is 0 Å². The normalized spacial score (nSPS) is 16.2. The van der Waals surface area contributed by atoms with E-state index in [1.807, 2.05) is 25.1 Å². The number of rotatable bonds is 5. The number of benzene rings is 1. The van der Waals surface area contributed by atoms with Gasteiger partial charge in [0.15, 0.2) is 0 Å². The fourth-order valence-electron chi connectivity index (χ4n) is 3.17. The number of hydrogen-bond donors (Lipinski definition) is 2. The fourth-order valence-corrected chi connectivity index (χ4v) is 4.57. The molecule has 2 aromatic rings. The van der Waals surface area contributed by atoms with Gasteiger partial charge in [0, 0.05) is 17.0 Å². The van der Waals surface area contributed by atoms with Crippen molar-refractivity contribution in [3.05, 3.63) is 51.9 Å². The van der Waals surface area contributed by atoms with E-state index < -0.39 is 0 Å². The first-order valence-corrected chi connectivity index (χ1v) is 9.71. The zero-order valence-corrected chi connectivity index (χ0v) is 15.5. The van der Waals surface area contributed by atoms with Crippen molar-refractivity contribution in [2.45, 2.75) is 39.5 Å². The number of amides is 2. The van der Waals surface area contributed by atoms with Crippen LogP contribution in [0, 0.1) is 5.92 Å². The minimum Gasteiger partial charge on any atom is -0.352 e. The van der Waals surface area contributed by atoms with Crippen LogP contribution in [0.3, 0.4) is 0 Å². The summed E-state index contributed by atoms with van der Waals surface area (Å²) in [5.74, 6) is 0.379. The minimum absolute atomic E-state index is 0.0720. The zero-order valence-electron chi connectivity index (χ0n) is 14.7. The first-order valence-electron chi connectivity index (χ1n) is 8.89. The fraction of sp³-hybridized carbons (Fsp3) is 0.400. The lowest BCUT2D eigenvalue weighted by Crippen LogP contribution is -2.26. The van der Waals surface area contributed by atoms with E-state index in [1.165, 1.54) is 4.88 Å². The Kier molecular flexibility index (Phi) is 5.53. The van der Waals surface area contributed by atoms with Gasteiger partial charge in [0.05, 0.1) is 5.56 Å². The summed E-state index contributed by atoms with van der Waals surface area (Å²) in [6.45, 7) is 4.91. The molecule has 0 bridgehead atoms. The molecule has 1 heterocycles. The second-order valence-corrected chi connectivity index (χ2v) is 7.74. The van der Waals surface area contributed by atoms with Crippen LogP contribution < -0.4 is 10.6 Å². The molecule has 0 radical (unpaired) electrons. The van der Waals surface area contributed by atoms with Gasteiger partial charge in [0.2, 0.25) is 0 Å². The third-order valence-corrected chi connectivity index (χ3v) is 5.71. The summed E-state index contributed by atoms with van der Waals surface area (Å²) in [4.78, 5) is 26.5. The Bertz CT molecular complexity index is 768. The van der Waals surface area contributed by atoms with Crippen LogP contribution in [-0.4, -0.2) is 18.4 Å². The van der Waals surface area contributed by atoms with E-state index in [9.17, 15) is 9.59 Å². The van der Waals surface area contributed by atoms with Crippen molar-refractivity contribution in [3.63, 3.8) is 0 Å². The Morgan fingerprint density at radius 1 is 1.20 bits per heavy atom. The lowest BCUT2D eigenvalue weighted by molar-refractivity contribution is 0.0953. The van der Waals surface area contributed by atoms with Crippen LogP contribution in [-0.2, 0) is 12.8 Å². The van der Waals surface area contributed by atoms with E-state index >= 15 is 0 Å². The molecule has 1 atom stereocenters. The molecule has 25 heavy (non-hydrogen) atoms. The molecule has 0 saturated carbocycles. The second kappa shape index (κ2) is 7.83. The highest BCUT2D eigenvalue weighted by molar-refractivity contribution is 7.17. The quantitative estimate of drug-likeness (QED) is 0.841. The Labute approximate surface area is 152 Å². The Morgan fingerprint density at radius 3 is 2.68 bits per heavy atom. The Balaban J connectivity index is 1.92. The minimum atomic E-state index is -0.170. The third kappa shape index (κ3) is 3.93. The van der Waals surface area contributed by atoms with Crippen molar-refractivity contribution in [1.29, 1.82) is 0 Å². The van der Waals surface area contributed by atoms with Gasteiger partial charge in [-0.15, -0.1) is 11.3 Å². The van der Waals surface area contributed by atoms with Gasteiger partial charge < -0.3 is 10.6 Å². The highest BCUT2D eigenvalue weighted by Gasteiger charge is 2.28. The van der Waals surface area contributed by atoms with Crippen LogP contribution in [0.4, 0.5) is 5.00 Å². The van der Waals surface area contributed by atoms with Gasteiger partial charge in [0.1, 0.15) is 5.00 Å². The molecule has 1 aromatic heterocycles. The summed E-state index contributed by atoms with van der Waals surface area (Å²) in [7, 11) is 0. The number of anilines is 1. The van der Waals surface area contributed by atoms with Gasteiger partial charge in [-0.3, -0.25) is 9.59 Å². The number of nitrogens with one attached hydrogen (secondary N) is 2. The summed E-state index contributed by atoms with van der Waals surface area (Å²) < 4.78 is 0. The second-order valence-electron chi connectivity index (χ2n) is 6.63. The third-order valence-electron chi connectivity index (χ3n) is 4.54. The molecule has 132 valence electrons. The van der Waals surface area contributed by atoms with E-state index in [0.29, 0.717) is 28.6 Å². The largest absolute Gasteiger partial charge is 0.352 e. The number of carbonyl (C=O) groups is 2. The highest BCUT2D eigenvalue weighted by atomic mass is 32.1. The van der Waals surface area contributed by atoms with E-state index in [4.69, 9.17) is 0 Å². The van der Waals surface area contributed by atoms with Crippen molar-refractivity contribution < 1.29 is 9.59 Å². The lowest BCUT2D eigenvalue weighted by Gasteiger charge is -2.18. The first kappa shape index (κ1) is 17.7. The van der Waals surface area contributed by atoms with Crippen molar-refractivity contribution in [3.8, 4) is 0 Å². The van der Waals surface area contributed by atoms with Crippen LogP contribution in [0.5, 0.6) is 0 Å². The monoisotopic (exact) mass is 356 g/mol. The van der Waals surface area contributed by atoms with Gasteiger partial charge in [-0.05, 0) is 49.3 Å². The van der Waals surface area contributed by atoms with E-state index in [1.54, 1.807) is 23.5 Å². The Morgan fingerprint density at radius 2 is 1.96 bits per heavy atom. The first-order chi connectivity index (χ1) is 12.1. The van der Waals surface area contributed by atoms with Crippen LogP contribution >= 0.6 is 11.3 Å². The van der Waals surface area contributed by atoms with E-state index in [2.05, 4.69) is 17.6 Å². The zero-order chi connectivity index (χ0) is 17.8. The van der Waals surface area contributed by atoms with Crippen molar-refractivity contribution >= 4 is 28.2 Å². The van der Waals surface area contributed by atoms with E-state index in [0.717, 1.165) is 31.2 Å². The summed E-state index contributed by atoms with van der Waals surface area (Å²) in [5.41, 5.74) is 2.40. The van der Waals surface area contributed by atoms with Gasteiger partial charge >= 0.3 is 0 Å². The highest BCUT2D eigenvalue weighted by Crippen LogP contribution is 2.39. The number of thiophene rings is 1. The maximum atomic E-state index is 12.7. The van der Waals surface area contributed by atoms with Gasteiger partial charge in [-0.25, -0.2) is 0 Å². The van der Waals surface area contributed by atoms with Crippen molar-refractivity contribution in [1.82, 2.24) is 5.32 Å². The molecule has 5 heteroatoms. The van der Waals surface area contributed by atoms with Gasteiger partial charge in [0.25, 0.3) is 11.8 Å². The summed E-state index contributed by atoms with van der Waals surface area (Å²) >= 11 is 1.56. The number of carbonyl (C=O) groups excluding carboxylic acids is 2. The molecule has 2 N–H and O–H groups in total. The van der Waals surface area contributed by atoms with E-state index in [-0.39, 0.29) is 11.8 Å². The molecular formula is C20H24N2O2S. The molecule has 1 aliphatic rings. The Hall–Kier alpha value is -2.14. The number of fused-ring (bicyclic) bond motifs is 1. The topological polar surface area (TPSA) is 58.2 Å². The van der Waals surface area contributed by atoms with Crippen LogP contribution in [0.15, 0.2) is 30.3 Å². The maximum absolute atomic E-state index is 12.7. The molecule has 4 nitrogen and oxygen atoms in total. The van der Waals surface area contributed by atoms with Crippen molar-refractivity contribution in [2.24, 2.45) is 5.92 Å². The standard InChI is InChI=1S/C20H24N2O2S/c1-3-11-21-19(24)17-15-10-9-13(2)12-16(15)25-20(17)22-18(23)14-7-5-4-6-8-14/h4-8,13H,3,9-12H2,1-2H3,(H,21,24)(H,22,23)/t13-/m0/s1. The smallest absolute Gasteiger partial charge is 0.256 e. The van der Waals surface area contributed by atoms with Gasteiger partial charge in [-0.1, -0.05) is 32.0 Å². The predicted molar refractivity (Wildman–Crippen MR) is 103 cm³/mol. The number of hydrogen-bond acceptors (Lipinski definition) is 3. The molecule has 0 saturated heterocycles. The van der Waals surface area contributed by atoms with Crippen LogP contribution in [0.2, 0.25) is 0 Å². The summed E-state index contributed by atoms with van der Waals surface area (Å²) in [6, 6.07) is 9.12. The molecule has 1 aromatic carbocycles. The summed E-state index contributed by atoms with van der Waals surface area (Å²) in [6.07, 6.45) is 3.86. The molecule has 0 aliphatic heterocycles. The lowest BCUT2D eigenvalue weighted by atomic mass is 9.88. The molecule has 0 fully saturated rings. The average molecular weight is 356 g/mol. The SMILES string of the molecule is CCCNC(=O)c1c(NC(=O)c2ccccc2)sc2c1CC[C@H](C)C2.